The number of rotatable bonds is 6. The van der Waals surface area contributed by atoms with Crippen molar-refractivity contribution < 1.29 is 14.3 Å². The van der Waals surface area contributed by atoms with Crippen molar-refractivity contribution in [3.8, 4) is 5.75 Å². The summed E-state index contributed by atoms with van der Waals surface area (Å²) in [6.07, 6.45) is 2.44. The molecule has 6 heteroatoms. The Hall–Kier alpha value is -4.29. The maximum absolute atomic E-state index is 13.4. The third kappa shape index (κ3) is 4.76. The first-order valence-corrected chi connectivity index (χ1v) is 12.1. The van der Waals surface area contributed by atoms with E-state index >= 15 is 0 Å². The molecule has 0 spiro atoms. The fraction of sp³-hybridized carbons (Fsp3) is 0.100. The van der Waals surface area contributed by atoms with Gasteiger partial charge in [0.2, 0.25) is 0 Å². The summed E-state index contributed by atoms with van der Waals surface area (Å²) in [6.45, 7) is 2.41. The molecule has 5 nitrogen and oxygen atoms in total. The number of nitrogens with zero attached hydrogens (tertiary/aromatic N) is 1. The van der Waals surface area contributed by atoms with Gasteiger partial charge in [-0.25, -0.2) is 0 Å². The second kappa shape index (κ2) is 10.1. The summed E-state index contributed by atoms with van der Waals surface area (Å²) < 4.78 is 6.12. The van der Waals surface area contributed by atoms with Gasteiger partial charge in [-0.05, 0) is 70.9 Å². The maximum atomic E-state index is 13.4. The Labute approximate surface area is 215 Å². The number of thiocarbonyl (C=S) groups is 1. The van der Waals surface area contributed by atoms with E-state index in [0.29, 0.717) is 23.6 Å². The largest absolute Gasteiger partial charge is 0.488 e. The zero-order chi connectivity index (χ0) is 25.1. The van der Waals surface area contributed by atoms with Crippen molar-refractivity contribution in [3.05, 3.63) is 113 Å². The van der Waals surface area contributed by atoms with Crippen molar-refractivity contribution in [3.63, 3.8) is 0 Å². The molecule has 1 aliphatic rings. The summed E-state index contributed by atoms with van der Waals surface area (Å²) in [6, 6.07) is 29.2. The Bertz CT molecular complexity index is 1510. The zero-order valence-electron chi connectivity index (χ0n) is 19.7. The van der Waals surface area contributed by atoms with E-state index in [1.54, 1.807) is 6.08 Å². The highest BCUT2D eigenvalue weighted by atomic mass is 32.1. The van der Waals surface area contributed by atoms with E-state index in [1.165, 1.54) is 10.3 Å². The summed E-state index contributed by atoms with van der Waals surface area (Å²) in [5.41, 5.74) is 3.39. The molecule has 4 aromatic carbocycles. The van der Waals surface area contributed by atoms with Crippen LogP contribution < -0.4 is 15.0 Å². The number of ether oxygens (including phenoxy) is 1. The molecule has 36 heavy (non-hydrogen) atoms. The van der Waals surface area contributed by atoms with Gasteiger partial charge in [0.1, 0.15) is 17.9 Å². The minimum Gasteiger partial charge on any atom is -0.488 e. The lowest BCUT2D eigenvalue weighted by Crippen LogP contribution is -2.54. The van der Waals surface area contributed by atoms with Crippen LogP contribution >= 0.6 is 12.2 Å². The average molecular weight is 493 g/mol. The second-order valence-corrected chi connectivity index (χ2v) is 8.87. The van der Waals surface area contributed by atoms with Gasteiger partial charge in [0.25, 0.3) is 11.8 Å². The van der Waals surface area contributed by atoms with Gasteiger partial charge in [0.15, 0.2) is 5.11 Å². The molecule has 0 radical (unpaired) electrons. The van der Waals surface area contributed by atoms with Crippen LogP contribution in [0.25, 0.3) is 16.8 Å². The van der Waals surface area contributed by atoms with E-state index in [2.05, 4.69) is 36.5 Å². The number of aryl methyl sites for hydroxylation is 1. The van der Waals surface area contributed by atoms with E-state index < -0.39 is 11.8 Å². The van der Waals surface area contributed by atoms with Crippen LogP contribution in [-0.2, 0) is 22.6 Å². The van der Waals surface area contributed by atoms with Gasteiger partial charge in [-0.15, -0.1) is 0 Å². The van der Waals surface area contributed by atoms with Gasteiger partial charge in [0.05, 0.1) is 5.69 Å². The Kier molecular flexibility index (Phi) is 6.60. The van der Waals surface area contributed by atoms with Gasteiger partial charge in [-0.3, -0.25) is 19.8 Å². The normalized spacial score (nSPS) is 14.9. The van der Waals surface area contributed by atoms with E-state index in [0.717, 1.165) is 22.9 Å². The number of amides is 2. The monoisotopic (exact) mass is 492 g/mol. The number of carbonyl (C=O) groups excluding carboxylic acids is 2. The van der Waals surface area contributed by atoms with Gasteiger partial charge >= 0.3 is 0 Å². The number of hydrogen-bond donors (Lipinski definition) is 1. The molecule has 1 fully saturated rings. The van der Waals surface area contributed by atoms with Gasteiger partial charge in [-0.1, -0.05) is 73.7 Å². The van der Waals surface area contributed by atoms with Crippen LogP contribution in [0.2, 0.25) is 0 Å². The molecule has 0 saturated carbocycles. The van der Waals surface area contributed by atoms with E-state index in [1.807, 2.05) is 66.7 Å². The number of anilines is 1. The van der Waals surface area contributed by atoms with Crippen LogP contribution in [0.3, 0.4) is 0 Å². The Morgan fingerprint density at radius 1 is 0.861 bits per heavy atom. The summed E-state index contributed by atoms with van der Waals surface area (Å²) in [7, 11) is 0. The standard InChI is InChI=1S/C30H24N2O3S/c1-2-20-12-15-25(16-13-20)32-29(34)26(28(33)31-30(32)36)18-24-9-5-6-10-27(24)35-19-21-11-14-22-7-3-4-8-23(22)17-21/h3-18H,2,19H2,1H3,(H,31,33,36). The number of fused-ring (bicyclic) bond motifs is 1. The quantitative estimate of drug-likeness (QED) is 0.210. The lowest BCUT2D eigenvalue weighted by Gasteiger charge is -2.29. The number of para-hydroxylation sites is 1. The minimum atomic E-state index is -0.532. The van der Waals surface area contributed by atoms with Crippen molar-refractivity contribution >= 4 is 51.7 Å². The smallest absolute Gasteiger partial charge is 0.270 e. The van der Waals surface area contributed by atoms with Crippen LogP contribution in [0, 0.1) is 0 Å². The van der Waals surface area contributed by atoms with Crippen molar-refractivity contribution in [1.29, 1.82) is 0 Å². The Morgan fingerprint density at radius 2 is 1.56 bits per heavy atom. The fourth-order valence-corrected chi connectivity index (χ4v) is 4.43. The third-order valence-corrected chi connectivity index (χ3v) is 6.42. The lowest BCUT2D eigenvalue weighted by molar-refractivity contribution is -0.122. The minimum absolute atomic E-state index is 0.00933. The molecule has 5 rings (SSSR count). The second-order valence-electron chi connectivity index (χ2n) is 8.49. The fourth-order valence-electron chi connectivity index (χ4n) is 4.15. The molecular formula is C30H24N2O3S. The zero-order valence-corrected chi connectivity index (χ0v) is 20.5. The highest BCUT2D eigenvalue weighted by Gasteiger charge is 2.34. The van der Waals surface area contributed by atoms with Crippen LogP contribution in [0.15, 0.2) is 96.6 Å². The van der Waals surface area contributed by atoms with Crippen molar-refractivity contribution in [1.82, 2.24) is 5.32 Å². The number of benzene rings is 4. The van der Waals surface area contributed by atoms with E-state index in [-0.39, 0.29) is 10.7 Å². The predicted octanol–water partition coefficient (Wildman–Crippen LogP) is 5.81. The van der Waals surface area contributed by atoms with Gasteiger partial charge in [0, 0.05) is 5.56 Å². The average Bonchev–Trinajstić information content (AvgIpc) is 2.90. The molecule has 0 aliphatic carbocycles. The van der Waals surface area contributed by atoms with Crippen molar-refractivity contribution in [2.45, 2.75) is 20.0 Å². The Morgan fingerprint density at radius 3 is 2.33 bits per heavy atom. The first-order valence-electron chi connectivity index (χ1n) is 11.7. The molecule has 0 aromatic heterocycles. The molecule has 0 unspecified atom stereocenters. The van der Waals surface area contributed by atoms with E-state index in [4.69, 9.17) is 17.0 Å². The van der Waals surface area contributed by atoms with Crippen LogP contribution in [0.5, 0.6) is 5.75 Å². The van der Waals surface area contributed by atoms with Crippen LogP contribution in [-0.4, -0.2) is 16.9 Å². The van der Waals surface area contributed by atoms with Crippen LogP contribution in [0.1, 0.15) is 23.6 Å². The number of nitrogens with one attached hydrogen (secondary N) is 1. The van der Waals surface area contributed by atoms with Crippen molar-refractivity contribution in [2.75, 3.05) is 4.90 Å². The molecule has 4 aromatic rings. The van der Waals surface area contributed by atoms with E-state index in [9.17, 15) is 9.59 Å². The summed E-state index contributed by atoms with van der Waals surface area (Å²) in [5.74, 6) is -0.432. The van der Waals surface area contributed by atoms with Gasteiger partial charge in [-0.2, -0.15) is 0 Å². The van der Waals surface area contributed by atoms with Crippen molar-refractivity contribution in [2.24, 2.45) is 0 Å². The SMILES string of the molecule is CCc1ccc(N2C(=O)C(=Cc3ccccc3OCc3ccc4ccccc4c3)C(=O)NC2=S)cc1. The molecule has 178 valence electrons. The number of hydrogen-bond acceptors (Lipinski definition) is 4. The van der Waals surface area contributed by atoms with Gasteiger partial charge < -0.3 is 4.74 Å². The predicted molar refractivity (Wildman–Crippen MR) is 147 cm³/mol. The first kappa shape index (κ1) is 23.5. The molecule has 1 heterocycles. The lowest BCUT2D eigenvalue weighted by atomic mass is 10.1. The Balaban J connectivity index is 1.41. The molecule has 0 atom stereocenters. The summed E-state index contributed by atoms with van der Waals surface area (Å²) in [5, 5.41) is 5.01. The summed E-state index contributed by atoms with van der Waals surface area (Å²) >= 11 is 5.32. The molecule has 1 aliphatic heterocycles. The first-order chi connectivity index (χ1) is 17.5. The molecule has 0 bridgehead atoms. The summed E-state index contributed by atoms with van der Waals surface area (Å²) in [4.78, 5) is 27.5. The highest BCUT2D eigenvalue weighted by molar-refractivity contribution is 7.80. The van der Waals surface area contributed by atoms with Crippen LogP contribution in [0.4, 0.5) is 5.69 Å². The maximum Gasteiger partial charge on any atom is 0.270 e. The highest BCUT2D eigenvalue weighted by Crippen LogP contribution is 2.27. The molecule has 2 amide bonds. The third-order valence-electron chi connectivity index (χ3n) is 6.13. The molecule has 1 N–H and O–H groups in total. The number of carbonyl (C=O) groups is 2. The molecule has 1 saturated heterocycles. The molecular weight excluding hydrogens is 468 g/mol. The topological polar surface area (TPSA) is 58.6 Å².